The molecule has 0 aliphatic heterocycles. The van der Waals surface area contributed by atoms with Gasteiger partial charge in [0.25, 0.3) is 0 Å². The zero-order valence-electron chi connectivity index (χ0n) is 13.1. The van der Waals surface area contributed by atoms with Crippen LogP contribution in [0.4, 0.5) is 0 Å². The normalized spacial score (nSPS) is 11.3. The molecule has 118 valence electrons. The second-order valence-corrected chi connectivity index (χ2v) is 5.42. The summed E-state index contributed by atoms with van der Waals surface area (Å²) in [6, 6.07) is 22.9. The van der Waals surface area contributed by atoms with E-state index in [1.165, 1.54) is 0 Å². The fraction of sp³-hybridized carbons (Fsp3) is 0. The van der Waals surface area contributed by atoms with Crippen molar-refractivity contribution in [3.05, 3.63) is 95.1 Å². The van der Waals surface area contributed by atoms with Crippen LogP contribution >= 0.6 is 0 Å². The van der Waals surface area contributed by atoms with Gasteiger partial charge in [0, 0.05) is 5.56 Å². The number of phenols is 2. The van der Waals surface area contributed by atoms with Crippen LogP contribution in [0.3, 0.4) is 0 Å². The zero-order valence-corrected chi connectivity index (χ0v) is 13.1. The molecule has 0 radical (unpaired) electrons. The van der Waals surface area contributed by atoms with Crippen LogP contribution in [0.1, 0.15) is 22.3 Å². The molecular formula is C22H18O2. The van der Waals surface area contributed by atoms with Gasteiger partial charge in [0.1, 0.15) is 11.5 Å². The van der Waals surface area contributed by atoms with Gasteiger partial charge in [-0.15, -0.1) is 0 Å². The molecule has 0 aromatic heterocycles. The summed E-state index contributed by atoms with van der Waals surface area (Å²) in [7, 11) is 0. The first-order chi connectivity index (χ1) is 11.7. The third-order valence-electron chi connectivity index (χ3n) is 3.72. The Bertz CT molecular complexity index is 863. The fourth-order valence-corrected chi connectivity index (χ4v) is 2.41. The predicted molar refractivity (Wildman–Crippen MR) is 101 cm³/mol. The van der Waals surface area contributed by atoms with E-state index >= 15 is 0 Å². The van der Waals surface area contributed by atoms with Crippen LogP contribution < -0.4 is 0 Å². The average Bonchev–Trinajstić information content (AvgIpc) is 2.63. The molecule has 0 saturated carbocycles. The summed E-state index contributed by atoms with van der Waals surface area (Å²) in [5, 5.41) is 20.5. The van der Waals surface area contributed by atoms with Gasteiger partial charge >= 0.3 is 0 Å². The third-order valence-corrected chi connectivity index (χ3v) is 3.72. The van der Waals surface area contributed by atoms with Crippen LogP contribution in [0.15, 0.2) is 72.8 Å². The summed E-state index contributed by atoms with van der Waals surface area (Å²) >= 11 is 0. The molecule has 0 bridgehead atoms. The maximum Gasteiger partial charge on any atom is 0.133 e. The van der Waals surface area contributed by atoms with Gasteiger partial charge in [-0.3, -0.25) is 0 Å². The largest absolute Gasteiger partial charge is 0.507 e. The van der Waals surface area contributed by atoms with E-state index in [1.807, 2.05) is 78.9 Å². The fourth-order valence-electron chi connectivity index (χ4n) is 2.41. The van der Waals surface area contributed by atoms with Gasteiger partial charge in [-0.25, -0.2) is 0 Å². The molecule has 0 aliphatic rings. The van der Waals surface area contributed by atoms with Crippen molar-refractivity contribution in [2.45, 2.75) is 0 Å². The van der Waals surface area contributed by atoms with Crippen molar-refractivity contribution < 1.29 is 10.2 Å². The average molecular weight is 314 g/mol. The molecule has 2 N–H and O–H groups in total. The van der Waals surface area contributed by atoms with Gasteiger partial charge in [-0.2, -0.15) is 0 Å². The van der Waals surface area contributed by atoms with Crippen molar-refractivity contribution >= 4 is 24.3 Å². The van der Waals surface area contributed by atoms with Crippen LogP contribution in [0, 0.1) is 0 Å². The third kappa shape index (κ3) is 3.73. The zero-order chi connectivity index (χ0) is 16.8. The molecule has 0 saturated heterocycles. The summed E-state index contributed by atoms with van der Waals surface area (Å²) < 4.78 is 0. The minimum atomic E-state index is 0.0524. The molecule has 0 unspecified atom stereocenters. The van der Waals surface area contributed by atoms with Gasteiger partial charge in [0.15, 0.2) is 0 Å². The molecule has 0 atom stereocenters. The van der Waals surface area contributed by atoms with Gasteiger partial charge in [-0.05, 0) is 29.3 Å². The number of phenolic OH excluding ortho intramolecular Hbond substituents is 2. The van der Waals surface area contributed by atoms with Crippen molar-refractivity contribution in [3.8, 4) is 11.5 Å². The Labute approximate surface area is 141 Å². The first kappa shape index (κ1) is 15.6. The summed E-state index contributed by atoms with van der Waals surface area (Å²) in [5.74, 6) is 0.117. The molecule has 3 aromatic rings. The van der Waals surface area contributed by atoms with Crippen LogP contribution in [0.25, 0.3) is 24.3 Å². The van der Waals surface area contributed by atoms with Crippen LogP contribution in [0.2, 0.25) is 0 Å². The predicted octanol–water partition coefficient (Wildman–Crippen LogP) is 5.44. The molecule has 2 nitrogen and oxygen atoms in total. The highest BCUT2D eigenvalue weighted by molar-refractivity contribution is 5.81. The molecule has 3 aromatic carbocycles. The van der Waals surface area contributed by atoms with Gasteiger partial charge in [0.05, 0.1) is 5.56 Å². The molecule has 24 heavy (non-hydrogen) atoms. The smallest absolute Gasteiger partial charge is 0.133 e. The lowest BCUT2D eigenvalue weighted by Gasteiger charge is -2.06. The maximum absolute atomic E-state index is 10.5. The molecule has 2 heteroatoms. The Kier molecular flexibility index (Phi) is 4.78. The van der Waals surface area contributed by atoms with Crippen LogP contribution in [-0.4, -0.2) is 10.2 Å². The molecule has 0 heterocycles. The van der Waals surface area contributed by atoms with Crippen molar-refractivity contribution in [3.63, 3.8) is 0 Å². The summed E-state index contributed by atoms with van der Waals surface area (Å²) in [6.45, 7) is 0. The van der Waals surface area contributed by atoms with Crippen molar-refractivity contribution in [1.82, 2.24) is 0 Å². The highest BCUT2D eigenvalue weighted by Crippen LogP contribution is 2.33. The van der Waals surface area contributed by atoms with E-state index in [4.69, 9.17) is 0 Å². The lowest BCUT2D eigenvalue weighted by atomic mass is 10.0. The molecule has 0 spiro atoms. The second-order valence-electron chi connectivity index (χ2n) is 5.42. The van der Waals surface area contributed by atoms with E-state index in [-0.39, 0.29) is 11.5 Å². The van der Waals surface area contributed by atoms with Crippen molar-refractivity contribution in [2.75, 3.05) is 0 Å². The minimum Gasteiger partial charge on any atom is -0.507 e. The molecule has 0 aliphatic carbocycles. The Morgan fingerprint density at radius 3 is 1.67 bits per heavy atom. The quantitative estimate of drug-likeness (QED) is 0.630. The van der Waals surface area contributed by atoms with Gasteiger partial charge in [-0.1, -0.05) is 78.9 Å². The molecular weight excluding hydrogens is 296 g/mol. The Balaban J connectivity index is 1.90. The summed E-state index contributed by atoms with van der Waals surface area (Å²) in [5.41, 5.74) is 3.12. The first-order valence-corrected chi connectivity index (χ1v) is 7.75. The maximum atomic E-state index is 10.5. The van der Waals surface area contributed by atoms with E-state index in [1.54, 1.807) is 18.2 Å². The SMILES string of the molecule is Oc1ccc(C=Cc2ccccc2)c(O)c1C=Cc1ccccc1. The number of hydrogen-bond donors (Lipinski definition) is 2. The Morgan fingerprint density at radius 1 is 0.542 bits per heavy atom. The Morgan fingerprint density at radius 2 is 1.08 bits per heavy atom. The van der Waals surface area contributed by atoms with E-state index in [0.717, 1.165) is 11.1 Å². The van der Waals surface area contributed by atoms with Crippen molar-refractivity contribution in [1.29, 1.82) is 0 Å². The highest BCUT2D eigenvalue weighted by Gasteiger charge is 2.08. The monoisotopic (exact) mass is 314 g/mol. The first-order valence-electron chi connectivity index (χ1n) is 7.75. The molecule has 0 fully saturated rings. The number of aromatic hydroxyl groups is 2. The van der Waals surface area contributed by atoms with E-state index in [2.05, 4.69) is 0 Å². The lowest BCUT2D eigenvalue weighted by molar-refractivity contribution is 0.447. The minimum absolute atomic E-state index is 0.0524. The van der Waals surface area contributed by atoms with E-state index in [9.17, 15) is 10.2 Å². The van der Waals surface area contributed by atoms with Crippen molar-refractivity contribution in [2.24, 2.45) is 0 Å². The lowest BCUT2D eigenvalue weighted by Crippen LogP contribution is -1.82. The second kappa shape index (κ2) is 7.34. The Hall–Kier alpha value is -3.26. The van der Waals surface area contributed by atoms with Gasteiger partial charge < -0.3 is 10.2 Å². The summed E-state index contributed by atoms with van der Waals surface area (Å²) in [4.78, 5) is 0. The molecule has 0 amide bonds. The number of rotatable bonds is 4. The summed E-state index contributed by atoms with van der Waals surface area (Å²) in [6.07, 6.45) is 7.35. The topological polar surface area (TPSA) is 40.5 Å². The van der Waals surface area contributed by atoms with E-state index < -0.39 is 0 Å². The standard InChI is InChI=1S/C22H18O2/c23-21-16-14-19(13-11-17-7-3-1-4-8-17)22(24)20(21)15-12-18-9-5-2-6-10-18/h1-16,23-24H. The van der Waals surface area contributed by atoms with Crippen LogP contribution in [0.5, 0.6) is 11.5 Å². The number of hydrogen-bond acceptors (Lipinski definition) is 2. The molecule has 3 rings (SSSR count). The van der Waals surface area contributed by atoms with Crippen LogP contribution in [-0.2, 0) is 0 Å². The highest BCUT2D eigenvalue weighted by atomic mass is 16.3. The number of benzene rings is 3. The van der Waals surface area contributed by atoms with E-state index in [0.29, 0.717) is 11.1 Å². The van der Waals surface area contributed by atoms with Gasteiger partial charge in [0.2, 0.25) is 0 Å².